The minimum absolute atomic E-state index is 0.228. The monoisotopic (exact) mass is 328 g/mol. The molecule has 3 aromatic carbocycles. The topological polar surface area (TPSA) is 0 Å². The average Bonchev–Trinajstić information content (AvgIpc) is 2.63. The number of rotatable bonds is 2. The molecule has 0 saturated heterocycles. The lowest BCUT2D eigenvalue weighted by Gasteiger charge is -2.19. The fraction of sp³-hybridized carbons (Fsp3) is 0.200. The summed E-state index contributed by atoms with van der Waals surface area (Å²) in [6, 6.07) is 27.6. The van der Waals surface area contributed by atoms with Crippen LogP contribution in [0.3, 0.4) is 0 Å². The summed E-state index contributed by atoms with van der Waals surface area (Å²) in [4.78, 5) is 0. The van der Waals surface area contributed by atoms with Gasteiger partial charge in [-0.1, -0.05) is 118 Å². The highest BCUT2D eigenvalue weighted by Crippen LogP contribution is 2.26. The van der Waals surface area contributed by atoms with Gasteiger partial charge in [0.2, 0.25) is 0 Å². The van der Waals surface area contributed by atoms with E-state index in [2.05, 4.69) is 82.8 Å². The van der Waals surface area contributed by atoms with Gasteiger partial charge in [0, 0.05) is 0 Å². The molecule has 0 saturated carbocycles. The molecule has 0 N–H and O–H groups in total. The summed E-state index contributed by atoms with van der Waals surface area (Å²) in [5.41, 5.74) is 6.67. The molecule has 3 aromatic rings. The van der Waals surface area contributed by atoms with Gasteiger partial charge in [-0.05, 0) is 34.6 Å². The number of hydrogen-bond donors (Lipinski definition) is 0. The Labute approximate surface area is 152 Å². The van der Waals surface area contributed by atoms with Crippen LogP contribution in [0.25, 0.3) is 17.2 Å². The molecule has 0 amide bonds. The van der Waals surface area contributed by atoms with Crippen molar-refractivity contribution >= 4 is 6.08 Å². The van der Waals surface area contributed by atoms with Crippen molar-refractivity contribution in [2.24, 2.45) is 0 Å². The molecule has 128 valence electrons. The third-order valence-electron chi connectivity index (χ3n) is 4.17. The highest BCUT2D eigenvalue weighted by Gasteiger charge is 2.12. The van der Waals surface area contributed by atoms with E-state index in [0.717, 1.165) is 0 Å². The molecule has 0 atom stereocenters. The molecule has 0 bridgehead atoms. The van der Waals surface area contributed by atoms with Crippen molar-refractivity contribution in [1.82, 2.24) is 0 Å². The van der Waals surface area contributed by atoms with Gasteiger partial charge in [0.1, 0.15) is 0 Å². The molecule has 0 aromatic heterocycles. The predicted octanol–water partition coefficient (Wildman–Crippen LogP) is 7.29. The van der Waals surface area contributed by atoms with Crippen LogP contribution in [0, 0.1) is 6.92 Å². The molecule has 0 spiro atoms. The normalized spacial score (nSPS) is 10.6. The third-order valence-corrected chi connectivity index (χ3v) is 4.17. The predicted molar refractivity (Wildman–Crippen MR) is 112 cm³/mol. The first-order chi connectivity index (χ1) is 11.9. The van der Waals surface area contributed by atoms with Crippen LogP contribution in [-0.2, 0) is 5.41 Å². The zero-order valence-electron chi connectivity index (χ0n) is 15.8. The van der Waals surface area contributed by atoms with Crippen LogP contribution >= 0.6 is 0 Å². The van der Waals surface area contributed by atoms with Crippen LogP contribution in [0.2, 0.25) is 0 Å². The SMILES string of the molecule is C=Cc1ccccc1.Cc1ccc(-c2ccc(C(C)(C)C)cc2)cc1. The quantitative estimate of drug-likeness (QED) is 0.463. The molecular weight excluding hydrogens is 300 g/mol. The summed E-state index contributed by atoms with van der Waals surface area (Å²) in [5, 5.41) is 0. The molecule has 0 heterocycles. The van der Waals surface area contributed by atoms with E-state index >= 15 is 0 Å². The van der Waals surface area contributed by atoms with Crippen molar-refractivity contribution in [2.75, 3.05) is 0 Å². The molecule has 25 heavy (non-hydrogen) atoms. The molecule has 0 aliphatic heterocycles. The molecule has 0 unspecified atom stereocenters. The lowest BCUT2D eigenvalue weighted by Crippen LogP contribution is -2.10. The average molecular weight is 328 g/mol. The smallest absolute Gasteiger partial charge is 0.0132 e. The number of hydrogen-bond acceptors (Lipinski definition) is 0. The summed E-state index contributed by atoms with van der Waals surface area (Å²) < 4.78 is 0. The molecule has 0 heteroatoms. The van der Waals surface area contributed by atoms with Crippen LogP contribution in [0.1, 0.15) is 37.5 Å². The molecule has 0 aliphatic rings. The van der Waals surface area contributed by atoms with E-state index in [1.807, 2.05) is 36.4 Å². The van der Waals surface area contributed by atoms with Crippen molar-refractivity contribution in [2.45, 2.75) is 33.1 Å². The van der Waals surface area contributed by atoms with Gasteiger partial charge in [-0.3, -0.25) is 0 Å². The van der Waals surface area contributed by atoms with E-state index in [-0.39, 0.29) is 5.41 Å². The Kier molecular flexibility index (Phi) is 6.36. The highest BCUT2D eigenvalue weighted by molar-refractivity contribution is 5.64. The number of benzene rings is 3. The Balaban J connectivity index is 0.000000236. The van der Waals surface area contributed by atoms with Crippen molar-refractivity contribution < 1.29 is 0 Å². The minimum atomic E-state index is 0.228. The Morgan fingerprint density at radius 3 is 1.56 bits per heavy atom. The fourth-order valence-electron chi connectivity index (χ4n) is 2.50. The first kappa shape index (κ1) is 18.7. The van der Waals surface area contributed by atoms with E-state index in [1.54, 1.807) is 0 Å². The second-order valence-electron chi connectivity index (χ2n) is 7.31. The van der Waals surface area contributed by atoms with E-state index < -0.39 is 0 Å². The summed E-state index contributed by atoms with van der Waals surface area (Å²) in [5.74, 6) is 0. The Morgan fingerprint density at radius 1 is 0.680 bits per heavy atom. The Hall–Kier alpha value is -2.60. The first-order valence-electron chi connectivity index (χ1n) is 8.75. The Morgan fingerprint density at radius 2 is 1.16 bits per heavy atom. The second-order valence-corrected chi connectivity index (χ2v) is 7.31. The van der Waals surface area contributed by atoms with Gasteiger partial charge in [-0.25, -0.2) is 0 Å². The first-order valence-corrected chi connectivity index (χ1v) is 8.75. The van der Waals surface area contributed by atoms with Crippen LogP contribution in [0.5, 0.6) is 0 Å². The summed E-state index contributed by atoms with van der Waals surface area (Å²) >= 11 is 0. The maximum Gasteiger partial charge on any atom is -0.0132 e. The Bertz CT molecular complexity index is 770. The number of aryl methyl sites for hydroxylation is 1. The van der Waals surface area contributed by atoms with Crippen LogP contribution in [0.15, 0.2) is 85.4 Å². The lowest BCUT2D eigenvalue weighted by molar-refractivity contribution is 0.590. The van der Waals surface area contributed by atoms with E-state index in [0.29, 0.717) is 0 Å². The molecule has 0 radical (unpaired) electrons. The van der Waals surface area contributed by atoms with Gasteiger partial charge in [-0.15, -0.1) is 0 Å². The van der Waals surface area contributed by atoms with Gasteiger partial charge in [0.25, 0.3) is 0 Å². The second kappa shape index (κ2) is 8.48. The van der Waals surface area contributed by atoms with Crippen molar-refractivity contribution in [3.8, 4) is 11.1 Å². The molecule has 0 fully saturated rings. The largest absolute Gasteiger partial charge is 0.0985 e. The maximum atomic E-state index is 3.63. The third kappa shape index (κ3) is 5.76. The van der Waals surface area contributed by atoms with Gasteiger partial charge in [0.05, 0.1) is 0 Å². The summed E-state index contributed by atoms with van der Waals surface area (Å²) in [6.45, 7) is 12.5. The maximum absolute atomic E-state index is 3.63. The van der Waals surface area contributed by atoms with E-state index in [1.165, 1.54) is 27.8 Å². The van der Waals surface area contributed by atoms with Crippen LogP contribution in [0.4, 0.5) is 0 Å². The molecule has 0 nitrogen and oxygen atoms in total. The standard InChI is InChI=1S/C17H20.C8H8/c1-13-5-7-14(8-6-13)15-9-11-16(12-10-15)17(2,3)4;1-2-8-6-4-3-5-7-8/h5-12H,1-4H3;2-7H,1H2. The summed E-state index contributed by atoms with van der Waals surface area (Å²) in [7, 11) is 0. The van der Waals surface area contributed by atoms with Gasteiger partial charge >= 0.3 is 0 Å². The summed E-state index contributed by atoms with van der Waals surface area (Å²) in [6.07, 6.45) is 1.83. The van der Waals surface area contributed by atoms with Crippen molar-refractivity contribution in [3.63, 3.8) is 0 Å². The zero-order valence-corrected chi connectivity index (χ0v) is 15.8. The zero-order chi connectivity index (χ0) is 18.3. The van der Waals surface area contributed by atoms with Crippen molar-refractivity contribution in [3.05, 3.63) is 102 Å². The lowest BCUT2D eigenvalue weighted by atomic mass is 9.86. The highest BCUT2D eigenvalue weighted by atomic mass is 14.2. The van der Waals surface area contributed by atoms with Crippen LogP contribution < -0.4 is 0 Å². The van der Waals surface area contributed by atoms with Crippen LogP contribution in [-0.4, -0.2) is 0 Å². The van der Waals surface area contributed by atoms with Crippen molar-refractivity contribution in [1.29, 1.82) is 0 Å². The molecule has 3 rings (SSSR count). The fourth-order valence-corrected chi connectivity index (χ4v) is 2.50. The van der Waals surface area contributed by atoms with Gasteiger partial charge in [-0.2, -0.15) is 0 Å². The molecule has 0 aliphatic carbocycles. The minimum Gasteiger partial charge on any atom is -0.0985 e. The van der Waals surface area contributed by atoms with Gasteiger partial charge < -0.3 is 0 Å². The van der Waals surface area contributed by atoms with E-state index in [4.69, 9.17) is 0 Å². The van der Waals surface area contributed by atoms with Gasteiger partial charge in [0.15, 0.2) is 0 Å². The molecular formula is C25H28. The van der Waals surface area contributed by atoms with E-state index in [9.17, 15) is 0 Å².